The molecule has 2 rings (SSSR count). The Morgan fingerprint density at radius 1 is 1.08 bits per heavy atom. The van der Waals surface area contributed by atoms with Crippen molar-refractivity contribution < 1.29 is 13.2 Å². The molecule has 0 aliphatic heterocycles. The molecule has 0 atom stereocenters. The maximum Gasteiger partial charge on any atom is 0.254 e. The molecule has 0 heterocycles. The van der Waals surface area contributed by atoms with Gasteiger partial charge in [0.05, 0.1) is 4.90 Å². The van der Waals surface area contributed by atoms with Crippen LogP contribution in [0.5, 0.6) is 0 Å². The number of carbonyl (C=O) groups is 1. The summed E-state index contributed by atoms with van der Waals surface area (Å²) in [4.78, 5) is 14.7. The zero-order valence-corrected chi connectivity index (χ0v) is 14.5. The highest BCUT2D eigenvalue weighted by Gasteiger charge is 2.18. The van der Waals surface area contributed by atoms with Crippen LogP contribution in [0.15, 0.2) is 59.5 Å². The van der Waals surface area contributed by atoms with Crippen LogP contribution in [0.1, 0.15) is 22.3 Å². The van der Waals surface area contributed by atoms with Crippen LogP contribution < -0.4 is 5.73 Å². The van der Waals surface area contributed by atoms with Gasteiger partial charge in [-0.15, -0.1) is 0 Å². The first-order valence-electron chi connectivity index (χ1n) is 7.75. The van der Waals surface area contributed by atoms with Crippen LogP contribution in [0.25, 0.3) is 0 Å². The first-order chi connectivity index (χ1) is 11.4. The van der Waals surface area contributed by atoms with E-state index in [0.29, 0.717) is 31.6 Å². The standard InChI is InChI=1S/C18H22N2O3S/c1-24(22,23)17-10-5-9-16(13-17)18(21)20(12-6-11-19)14-15-7-3-2-4-8-15/h2-5,7-10,13H,6,11-12,14,19H2,1H3. The Labute approximate surface area is 143 Å². The third-order valence-corrected chi connectivity index (χ3v) is 4.76. The molecule has 128 valence electrons. The van der Waals surface area contributed by atoms with E-state index in [9.17, 15) is 13.2 Å². The van der Waals surface area contributed by atoms with Crippen LogP contribution in [0, 0.1) is 0 Å². The van der Waals surface area contributed by atoms with E-state index in [1.165, 1.54) is 12.1 Å². The zero-order valence-electron chi connectivity index (χ0n) is 13.7. The number of hydrogen-bond acceptors (Lipinski definition) is 4. The molecule has 0 radical (unpaired) electrons. The van der Waals surface area contributed by atoms with Crippen molar-refractivity contribution in [3.05, 3.63) is 65.7 Å². The lowest BCUT2D eigenvalue weighted by Crippen LogP contribution is -2.32. The average molecular weight is 346 g/mol. The van der Waals surface area contributed by atoms with Crippen molar-refractivity contribution in [3.8, 4) is 0 Å². The quantitative estimate of drug-likeness (QED) is 0.832. The maximum atomic E-state index is 12.8. The van der Waals surface area contributed by atoms with Gasteiger partial charge in [-0.3, -0.25) is 4.79 Å². The second-order valence-electron chi connectivity index (χ2n) is 5.65. The van der Waals surface area contributed by atoms with E-state index in [1.807, 2.05) is 30.3 Å². The summed E-state index contributed by atoms with van der Waals surface area (Å²) in [5, 5.41) is 0. The van der Waals surface area contributed by atoms with Gasteiger partial charge in [0.15, 0.2) is 9.84 Å². The molecule has 0 saturated heterocycles. The monoisotopic (exact) mass is 346 g/mol. The molecule has 0 spiro atoms. The Bertz CT molecular complexity index is 789. The molecule has 2 N–H and O–H groups in total. The minimum absolute atomic E-state index is 0.145. The maximum absolute atomic E-state index is 12.8. The summed E-state index contributed by atoms with van der Waals surface area (Å²) in [7, 11) is -3.35. The third-order valence-electron chi connectivity index (χ3n) is 3.64. The lowest BCUT2D eigenvalue weighted by molar-refractivity contribution is 0.0742. The summed E-state index contributed by atoms with van der Waals surface area (Å²) in [6.07, 6.45) is 1.82. The summed E-state index contributed by atoms with van der Waals surface area (Å²) in [5.74, 6) is -0.196. The summed E-state index contributed by atoms with van der Waals surface area (Å²) in [5.41, 5.74) is 6.96. The van der Waals surface area contributed by atoms with E-state index in [0.717, 1.165) is 11.8 Å². The van der Waals surface area contributed by atoms with Crippen molar-refractivity contribution in [2.75, 3.05) is 19.3 Å². The molecule has 6 heteroatoms. The number of sulfone groups is 1. The van der Waals surface area contributed by atoms with Gasteiger partial charge in [0, 0.05) is 24.9 Å². The van der Waals surface area contributed by atoms with Crippen LogP contribution >= 0.6 is 0 Å². The molecule has 0 aliphatic rings. The molecule has 0 unspecified atom stereocenters. The zero-order chi connectivity index (χ0) is 17.6. The second-order valence-corrected chi connectivity index (χ2v) is 7.67. The lowest BCUT2D eigenvalue weighted by atomic mass is 10.1. The van der Waals surface area contributed by atoms with E-state index in [4.69, 9.17) is 5.73 Å². The second kappa shape index (κ2) is 8.08. The average Bonchev–Trinajstić information content (AvgIpc) is 2.58. The Morgan fingerprint density at radius 3 is 2.42 bits per heavy atom. The molecular formula is C18H22N2O3S. The number of hydrogen-bond donors (Lipinski definition) is 1. The Balaban J connectivity index is 2.27. The van der Waals surface area contributed by atoms with Gasteiger partial charge >= 0.3 is 0 Å². The number of nitrogens with zero attached hydrogens (tertiary/aromatic N) is 1. The van der Waals surface area contributed by atoms with Crippen molar-refractivity contribution >= 4 is 15.7 Å². The van der Waals surface area contributed by atoms with Crippen molar-refractivity contribution in [2.24, 2.45) is 5.73 Å². The summed E-state index contributed by atoms with van der Waals surface area (Å²) >= 11 is 0. The lowest BCUT2D eigenvalue weighted by Gasteiger charge is -2.23. The fraction of sp³-hybridized carbons (Fsp3) is 0.278. The predicted molar refractivity (Wildman–Crippen MR) is 94.4 cm³/mol. The highest BCUT2D eigenvalue weighted by atomic mass is 32.2. The smallest absolute Gasteiger partial charge is 0.254 e. The highest BCUT2D eigenvalue weighted by Crippen LogP contribution is 2.15. The summed E-state index contributed by atoms with van der Waals surface area (Å²) in [6, 6.07) is 15.8. The molecule has 0 aromatic heterocycles. The molecule has 0 aliphatic carbocycles. The van der Waals surface area contributed by atoms with Gasteiger partial charge in [-0.2, -0.15) is 0 Å². The molecule has 24 heavy (non-hydrogen) atoms. The largest absolute Gasteiger partial charge is 0.334 e. The molecule has 0 fully saturated rings. The van der Waals surface area contributed by atoms with Gasteiger partial charge in [0.2, 0.25) is 0 Å². The Morgan fingerprint density at radius 2 is 1.79 bits per heavy atom. The van der Waals surface area contributed by atoms with E-state index >= 15 is 0 Å². The minimum atomic E-state index is -3.35. The van der Waals surface area contributed by atoms with Crippen molar-refractivity contribution in [1.82, 2.24) is 4.90 Å². The SMILES string of the molecule is CS(=O)(=O)c1cccc(C(=O)N(CCCN)Cc2ccccc2)c1. The number of carbonyl (C=O) groups excluding carboxylic acids is 1. The van der Waals surface area contributed by atoms with Crippen LogP contribution in [0.2, 0.25) is 0 Å². The number of nitrogens with two attached hydrogens (primary N) is 1. The van der Waals surface area contributed by atoms with E-state index in [2.05, 4.69) is 0 Å². The Hall–Kier alpha value is -2.18. The van der Waals surface area contributed by atoms with Crippen LogP contribution in [0.3, 0.4) is 0 Å². The molecule has 2 aromatic carbocycles. The van der Waals surface area contributed by atoms with Gasteiger partial charge in [-0.1, -0.05) is 36.4 Å². The van der Waals surface area contributed by atoms with Crippen LogP contribution in [-0.4, -0.2) is 38.6 Å². The van der Waals surface area contributed by atoms with E-state index in [1.54, 1.807) is 17.0 Å². The Kier molecular flexibility index (Phi) is 6.11. The molecular weight excluding hydrogens is 324 g/mol. The van der Waals surface area contributed by atoms with Gasteiger partial charge in [-0.05, 0) is 36.7 Å². The fourth-order valence-corrected chi connectivity index (χ4v) is 3.05. The number of benzene rings is 2. The van der Waals surface area contributed by atoms with Gasteiger partial charge < -0.3 is 10.6 Å². The molecule has 0 bridgehead atoms. The molecule has 1 amide bonds. The highest BCUT2D eigenvalue weighted by molar-refractivity contribution is 7.90. The molecule has 0 saturated carbocycles. The summed E-state index contributed by atoms with van der Waals surface area (Å²) < 4.78 is 23.4. The fourth-order valence-electron chi connectivity index (χ4n) is 2.38. The number of amides is 1. The van der Waals surface area contributed by atoms with Gasteiger partial charge in [-0.25, -0.2) is 8.42 Å². The predicted octanol–water partition coefficient (Wildman–Crippen LogP) is 2.08. The third kappa shape index (κ3) is 4.91. The normalized spacial score (nSPS) is 11.2. The molecule has 5 nitrogen and oxygen atoms in total. The number of rotatable bonds is 7. The summed E-state index contributed by atoms with van der Waals surface area (Å²) in [6.45, 7) is 1.47. The van der Waals surface area contributed by atoms with Crippen molar-refractivity contribution in [1.29, 1.82) is 0 Å². The minimum Gasteiger partial charge on any atom is -0.334 e. The first-order valence-corrected chi connectivity index (χ1v) is 9.64. The van der Waals surface area contributed by atoms with Crippen molar-refractivity contribution in [2.45, 2.75) is 17.9 Å². The van der Waals surface area contributed by atoms with Crippen LogP contribution in [-0.2, 0) is 16.4 Å². The topological polar surface area (TPSA) is 80.5 Å². The van der Waals surface area contributed by atoms with Gasteiger partial charge in [0.1, 0.15) is 0 Å². The van der Waals surface area contributed by atoms with E-state index < -0.39 is 9.84 Å². The molecule has 2 aromatic rings. The van der Waals surface area contributed by atoms with Crippen molar-refractivity contribution in [3.63, 3.8) is 0 Å². The first kappa shape index (κ1) is 18.2. The van der Waals surface area contributed by atoms with Gasteiger partial charge in [0.25, 0.3) is 5.91 Å². The van der Waals surface area contributed by atoms with Crippen LogP contribution in [0.4, 0.5) is 0 Å². The van der Waals surface area contributed by atoms with E-state index in [-0.39, 0.29) is 10.8 Å².